The Hall–Kier alpha value is -1.45. The van der Waals surface area contributed by atoms with Crippen molar-refractivity contribution in [2.24, 2.45) is 5.41 Å². The van der Waals surface area contributed by atoms with Crippen LogP contribution in [0, 0.1) is 5.41 Å². The number of para-hydroxylation sites is 1. The third-order valence-corrected chi connectivity index (χ3v) is 5.24. The van der Waals surface area contributed by atoms with Crippen LogP contribution in [-0.4, -0.2) is 23.3 Å². The summed E-state index contributed by atoms with van der Waals surface area (Å²) in [6.07, 6.45) is 2.02. The Labute approximate surface area is 152 Å². The summed E-state index contributed by atoms with van der Waals surface area (Å²) in [6, 6.07) is 10.3. The fourth-order valence-electron chi connectivity index (χ4n) is 2.95. The van der Waals surface area contributed by atoms with E-state index in [0.29, 0.717) is 6.61 Å². The molecule has 0 radical (unpaired) electrons. The van der Waals surface area contributed by atoms with E-state index in [4.69, 9.17) is 9.47 Å². The van der Waals surface area contributed by atoms with Gasteiger partial charge in [0.25, 0.3) is 0 Å². The molecule has 0 aliphatic rings. The summed E-state index contributed by atoms with van der Waals surface area (Å²) in [5, 5.41) is 1.14. The Morgan fingerprint density at radius 3 is 2.24 bits per heavy atom. The van der Waals surface area contributed by atoms with Gasteiger partial charge < -0.3 is 9.47 Å². The van der Waals surface area contributed by atoms with Crippen molar-refractivity contribution in [1.82, 2.24) is 4.98 Å². The predicted octanol–water partition coefficient (Wildman–Crippen LogP) is 5.72. The van der Waals surface area contributed by atoms with Crippen LogP contribution in [0.3, 0.4) is 0 Å². The lowest BCUT2D eigenvalue weighted by molar-refractivity contribution is -0.165. The number of fused-ring (bicyclic) bond motifs is 1. The molecule has 25 heavy (non-hydrogen) atoms. The van der Waals surface area contributed by atoms with Crippen LogP contribution >= 0.6 is 0 Å². The summed E-state index contributed by atoms with van der Waals surface area (Å²) < 4.78 is 12.6. The number of nitrogens with zero attached hydrogens (tertiary/aromatic N) is 1. The highest BCUT2D eigenvalue weighted by molar-refractivity contribution is 5.82. The lowest BCUT2D eigenvalue weighted by Crippen LogP contribution is -2.47. The molecule has 0 fully saturated rings. The molecular weight excluding hydrogens is 310 g/mol. The second kappa shape index (κ2) is 7.05. The number of hydrogen-bond donors (Lipinski definition) is 0. The van der Waals surface area contributed by atoms with Crippen molar-refractivity contribution in [2.45, 2.75) is 72.7 Å². The maximum Gasteiger partial charge on any atom is 0.0896 e. The Bertz CT molecular complexity index is 712. The van der Waals surface area contributed by atoms with Crippen LogP contribution < -0.4 is 0 Å². The minimum Gasteiger partial charge on any atom is -0.372 e. The van der Waals surface area contributed by atoms with Gasteiger partial charge in [0, 0.05) is 22.6 Å². The fraction of sp³-hybridized carbons (Fsp3) is 0.591. The molecule has 138 valence electrons. The number of aromatic nitrogens is 1. The number of ether oxygens (including phenoxy) is 2. The largest absolute Gasteiger partial charge is 0.372 e. The smallest absolute Gasteiger partial charge is 0.0896 e. The van der Waals surface area contributed by atoms with Gasteiger partial charge in [-0.2, -0.15) is 0 Å². The Balaban J connectivity index is 2.23. The van der Waals surface area contributed by atoms with Crippen LogP contribution in [0.1, 0.15) is 61.0 Å². The van der Waals surface area contributed by atoms with E-state index in [2.05, 4.69) is 84.6 Å². The highest BCUT2D eigenvalue weighted by Crippen LogP contribution is 2.38. The topological polar surface area (TPSA) is 31.4 Å². The van der Waals surface area contributed by atoms with Gasteiger partial charge in [-0.3, -0.25) is 4.98 Å². The van der Waals surface area contributed by atoms with Gasteiger partial charge in [0.1, 0.15) is 0 Å². The lowest BCUT2D eigenvalue weighted by Gasteiger charge is -2.44. The monoisotopic (exact) mass is 343 g/mol. The molecule has 0 N–H and O–H groups in total. The van der Waals surface area contributed by atoms with E-state index in [1.165, 1.54) is 0 Å². The van der Waals surface area contributed by atoms with Gasteiger partial charge in [-0.1, -0.05) is 38.1 Å². The van der Waals surface area contributed by atoms with Crippen molar-refractivity contribution < 1.29 is 9.47 Å². The van der Waals surface area contributed by atoms with E-state index >= 15 is 0 Å². The molecule has 1 heterocycles. The van der Waals surface area contributed by atoms with Crippen LogP contribution in [0.25, 0.3) is 10.9 Å². The summed E-state index contributed by atoms with van der Waals surface area (Å²) in [6.45, 7) is 17.7. The molecule has 0 spiro atoms. The summed E-state index contributed by atoms with van der Waals surface area (Å²) >= 11 is 0. The molecule has 0 saturated heterocycles. The molecule has 3 nitrogen and oxygen atoms in total. The van der Waals surface area contributed by atoms with E-state index in [0.717, 1.165) is 16.5 Å². The first-order valence-corrected chi connectivity index (χ1v) is 9.12. The number of benzene rings is 1. The number of hydrogen-bond acceptors (Lipinski definition) is 3. The second-order valence-electron chi connectivity index (χ2n) is 8.74. The normalized spacial score (nSPS) is 13.6. The van der Waals surface area contributed by atoms with Gasteiger partial charge in [0.05, 0.1) is 29.4 Å². The zero-order valence-corrected chi connectivity index (χ0v) is 17.0. The van der Waals surface area contributed by atoms with Crippen molar-refractivity contribution >= 4 is 10.9 Å². The molecular formula is C22H33NO2. The summed E-state index contributed by atoms with van der Waals surface area (Å²) in [7, 11) is 0. The van der Waals surface area contributed by atoms with E-state index in [1.54, 1.807) is 0 Å². The second-order valence-corrected chi connectivity index (χ2v) is 8.74. The first-order valence-electron chi connectivity index (χ1n) is 9.12. The minimum atomic E-state index is -0.432. The van der Waals surface area contributed by atoms with Crippen molar-refractivity contribution in [3.8, 4) is 0 Å². The van der Waals surface area contributed by atoms with Gasteiger partial charge in [-0.15, -0.1) is 0 Å². The third-order valence-electron chi connectivity index (χ3n) is 5.24. The van der Waals surface area contributed by atoms with Gasteiger partial charge in [-0.05, 0) is 47.6 Å². The molecule has 0 aliphatic heterocycles. The van der Waals surface area contributed by atoms with E-state index < -0.39 is 5.60 Å². The van der Waals surface area contributed by atoms with Gasteiger partial charge in [-0.25, -0.2) is 0 Å². The Morgan fingerprint density at radius 2 is 1.60 bits per heavy atom. The molecule has 2 aromatic rings. The van der Waals surface area contributed by atoms with Crippen molar-refractivity contribution in [1.29, 1.82) is 0 Å². The zero-order valence-electron chi connectivity index (χ0n) is 17.0. The molecule has 0 atom stereocenters. The number of rotatable bonds is 7. The van der Waals surface area contributed by atoms with Crippen LogP contribution in [0.4, 0.5) is 0 Å². The summed E-state index contributed by atoms with van der Waals surface area (Å²) in [5.74, 6) is 0. The van der Waals surface area contributed by atoms with Gasteiger partial charge >= 0.3 is 0 Å². The first-order chi connectivity index (χ1) is 11.5. The average molecular weight is 344 g/mol. The highest BCUT2D eigenvalue weighted by Gasteiger charge is 2.40. The third kappa shape index (κ3) is 4.39. The molecule has 0 saturated carbocycles. The van der Waals surface area contributed by atoms with Crippen LogP contribution in [-0.2, 0) is 15.1 Å². The van der Waals surface area contributed by atoms with Gasteiger partial charge in [0.2, 0.25) is 0 Å². The average Bonchev–Trinajstić information content (AvgIpc) is 2.51. The maximum atomic E-state index is 6.44. The molecule has 2 rings (SSSR count). The summed E-state index contributed by atoms with van der Waals surface area (Å²) in [4.78, 5) is 4.58. The fourth-order valence-corrected chi connectivity index (χ4v) is 2.95. The van der Waals surface area contributed by atoms with E-state index in [-0.39, 0.29) is 17.1 Å². The highest BCUT2D eigenvalue weighted by atomic mass is 16.5. The SMILES string of the molecule is CC(C)OC(C)(C)C(C)(C)COC(C)(C)c1cccc2cccnc12. The molecule has 1 aromatic heterocycles. The first kappa shape index (κ1) is 19.9. The van der Waals surface area contributed by atoms with Gasteiger partial charge in [0.15, 0.2) is 0 Å². The van der Waals surface area contributed by atoms with E-state index in [1.807, 2.05) is 12.3 Å². The van der Waals surface area contributed by atoms with Crippen molar-refractivity contribution in [2.75, 3.05) is 6.61 Å². The maximum absolute atomic E-state index is 6.44. The molecule has 0 amide bonds. The molecule has 0 aliphatic carbocycles. The predicted molar refractivity (Wildman–Crippen MR) is 105 cm³/mol. The molecule has 0 unspecified atom stereocenters. The zero-order chi connectivity index (χ0) is 18.9. The van der Waals surface area contributed by atoms with E-state index in [9.17, 15) is 0 Å². The quantitative estimate of drug-likeness (QED) is 0.644. The minimum absolute atomic E-state index is 0.132. The standard InChI is InChI=1S/C22H33NO2/c1-16(2)25-22(7,8)20(3,4)15-24-21(5,6)18-13-9-11-17-12-10-14-23-19(17)18/h9-14,16H,15H2,1-8H3. The van der Waals surface area contributed by atoms with Crippen molar-refractivity contribution in [3.63, 3.8) is 0 Å². The molecule has 3 heteroatoms. The number of pyridine rings is 1. The van der Waals surface area contributed by atoms with Crippen LogP contribution in [0.15, 0.2) is 36.5 Å². The molecule has 0 bridgehead atoms. The Morgan fingerprint density at radius 1 is 0.960 bits per heavy atom. The van der Waals surface area contributed by atoms with Crippen LogP contribution in [0.5, 0.6) is 0 Å². The lowest BCUT2D eigenvalue weighted by atomic mass is 9.77. The molecule has 1 aromatic carbocycles. The van der Waals surface area contributed by atoms with Crippen molar-refractivity contribution in [3.05, 3.63) is 42.1 Å². The Kier molecular flexibility index (Phi) is 5.60. The van der Waals surface area contributed by atoms with Crippen LogP contribution in [0.2, 0.25) is 0 Å². The summed E-state index contributed by atoms with van der Waals surface area (Å²) in [5.41, 5.74) is 1.27.